The third-order valence-electron chi connectivity index (χ3n) is 6.23. The summed E-state index contributed by atoms with van der Waals surface area (Å²) in [7, 11) is 0. The summed E-state index contributed by atoms with van der Waals surface area (Å²) in [4.78, 5) is 12.3. The highest BCUT2D eigenvalue weighted by atomic mass is 19.4. The van der Waals surface area contributed by atoms with Gasteiger partial charge in [0.15, 0.2) is 0 Å². The first-order valence-corrected chi connectivity index (χ1v) is 11.1. The van der Waals surface area contributed by atoms with Crippen LogP contribution in [-0.4, -0.2) is 29.9 Å². The molecule has 1 saturated carbocycles. The highest BCUT2D eigenvalue weighted by molar-refractivity contribution is 5.75. The number of unbranched alkanes of at least 4 members (excludes halogenated alkanes) is 1. The summed E-state index contributed by atoms with van der Waals surface area (Å²) in [6, 6.07) is 4.75. The molecule has 0 N–H and O–H groups in total. The quantitative estimate of drug-likeness (QED) is 0.183. The Hall–Kier alpha value is -1.94. The van der Waals surface area contributed by atoms with Gasteiger partial charge < -0.3 is 4.74 Å². The molecule has 194 valence electrons. The number of benzene rings is 1. The van der Waals surface area contributed by atoms with Crippen LogP contribution in [0.15, 0.2) is 24.3 Å². The first-order valence-electron chi connectivity index (χ1n) is 11.1. The highest BCUT2D eigenvalue weighted by Crippen LogP contribution is 2.54. The van der Waals surface area contributed by atoms with Gasteiger partial charge in [0.1, 0.15) is 5.75 Å². The van der Waals surface area contributed by atoms with Gasteiger partial charge in [-0.3, -0.25) is 4.79 Å². The maximum Gasteiger partial charge on any atom is 0.460 e. The van der Waals surface area contributed by atoms with Gasteiger partial charge in [-0.15, -0.1) is 0 Å². The Bertz CT molecular complexity index is 796. The minimum absolute atomic E-state index is 0.0259. The van der Waals surface area contributed by atoms with Crippen LogP contribution in [0.3, 0.4) is 0 Å². The molecule has 0 bridgehead atoms. The van der Waals surface area contributed by atoms with Gasteiger partial charge in [0.25, 0.3) is 0 Å². The third kappa shape index (κ3) is 6.38. The zero-order valence-corrected chi connectivity index (χ0v) is 18.5. The van der Waals surface area contributed by atoms with Crippen LogP contribution in [0.5, 0.6) is 5.75 Å². The molecule has 0 atom stereocenters. The molecule has 1 fully saturated rings. The SMILES string of the molecule is CCCC[C@H]1CC[C@H](C(=O)Oc2ccc(CCC(F)(F)C(F)(F)C(F)(F)C(F)(F)F)cc2)CC1. The van der Waals surface area contributed by atoms with Crippen LogP contribution in [0.1, 0.15) is 63.9 Å². The Morgan fingerprint density at radius 2 is 1.44 bits per heavy atom. The van der Waals surface area contributed by atoms with Crippen molar-refractivity contribution in [2.45, 2.75) is 88.7 Å². The number of carbonyl (C=O) groups excluding carboxylic acids is 1. The zero-order valence-electron chi connectivity index (χ0n) is 18.5. The van der Waals surface area contributed by atoms with Crippen molar-refractivity contribution in [3.8, 4) is 5.75 Å². The average Bonchev–Trinajstić information content (AvgIpc) is 2.76. The molecule has 0 radical (unpaired) electrons. The minimum atomic E-state index is -6.89. The molecule has 0 amide bonds. The summed E-state index contributed by atoms with van der Waals surface area (Å²) in [6.45, 7) is 2.11. The molecule has 1 aliphatic carbocycles. The molecule has 0 spiro atoms. The molecule has 0 aromatic heterocycles. The normalized spacial score (nSPS) is 20.3. The Morgan fingerprint density at radius 3 is 1.94 bits per heavy atom. The van der Waals surface area contributed by atoms with E-state index in [1.807, 2.05) is 0 Å². The second-order valence-electron chi connectivity index (χ2n) is 8.78. The van der Waals surface area contributed by atoms with E-state index in [0.29, 0.717) is 18.8 Å². The lowest BCUT2D eigenvalue weighted by atomic mass is 9.80. The molecule has 2 nitrogen and oxygen atoms in total. The van der Waals surface area contributed by atoms with Gasteiger partial charge in [-0.2, -0.15) is 39.5 Å². The number of hydrogen-bond acceptors (Lipinski definition) is 2. The van der Waals surface area contributed by atoms with Crippen LogP contribution in [-0.2, 0) is 11.2 Å². The van der Waals surface area contributed by atoms with E-state index in [-0.39, 0.29) is 17.2 Å². The van der Waals surface area contributed by atoms with Crippen LogP contribution >= 0.6 is 0 Å². The smallest absolute Gasteiger partial charge is 0.426 e. The second-order valence-corrected chi connectivity index (χ2v) is 8.78. The van der Waals surface area contributed by atoms with Crippen molar-refractivity contribution >= 4 is 5.97 Å². The topological polar surface area (TPSA) is 26.3 Å². The molecule has 11 heteroatoms. The molecule has 0 unspecified atom stereocenters. The number of aryl methyl sites for hydroxylation is 1. The summed E-state index contributed by atoms with van der Waals surface area (Å²) in [6.07, 6.45) is -3.07. The molecule has 34 heavy (non-hydrogen) atoms. The van der Waals surface area contributed by atoms with E-state index in [2.05, 4.69) is 6.92 Å². The fourth-order valence-corrected chi connectivity index (χ4v) is 3.97. The number of hydrogen-bond donors (Lipinski definition) is 0. The maximum atomic E-state index is 13.7. The number of esters is 1. The fourth-order valence-electron chi connectivity index (χ4n) is 3.97. The predicted molar refractivity (Wildman–Crippen MR) is 106 cm³/mol. The molecule has 1 aromatic carbocycles. The van der Waals surface area contributed by atoms with Gasteiger partial charge in [0, 0.05) is 6.42 Å². The van der Waals surface area contributed by atoms with E-state index < -0.39 is 42.8 Å². The molecule has 1 aliphatic rings. The fraction of sp³-hybridized carbons (Fsp3) is 0.696. The van der Waals surface area contributed by atoms with Crippen molar-refractivity contribution in [2.75, 3.05) is 0 Å². The van der Waals surface area contributed by atoms with Crippen molar-refractivity contribution in [3.05, 3.63) is 29.8 Å². The zero-order chi connectivity index (χ0) is 25.8. The Kier molecular flexibility index (Phi) is 8.96. The first kappa shape index (κ1) is 28.3. The van der Waals surface area contributed by atoms with Crippen molar-refractivity contribution in [1.29, 1.82) is 0 Å². The monoisotopic (exact) mass is 506 g/mol. The second kappa shape index (κ2) is 10.8. The van der Waals surface area contributed by atoms with E-state index in [1.165, 1.54) is 12.1 Å². The van der Waals surface area contributed by atoms with Crippen molar-refractivity contribution in [3.63, 3.8) is 0 Å². The average molecular weight is 506 g/mol. The highest BCUT2D eigenvalue weighted by Gasteiger charge is 2.81. The Morgan fingerprint density at radius 1 is 0.882 bits per heavy atom. The van der Waals surface area contributed by atoms with E-state index >= 15 is 0 Å². The number of halogens is 9. The lowest BCUT2D eigenvalue weighted by Gasteiger charge is -2.33. The largest absolute Gasteiger partial charge is 0.460 e. The van der Waals surface area contributed by atoms with Gasteiger partial charge in [-0.1, -0.05) is 38.3 Å². The van der Waals surface area contributed by atoms with Crippen molar-refractivity contribution < 1.29 is 49.0 Å². The Balaban J connectivity index is 1.91. The van der Waals surface area contributed by atoms with Crippen LogP contribution in [0.25, 0.3) is 0 Å². The Labute approximate surface area is 191 Å². The lowest BCUT2D eigenvalue weighted by molar-refractivity contribution is -0.396. The molecule has 0 heterocycles. The van der Waals surface area contributed by atoms with Crippen LogP contribution in [0.4, 0.5) is 39.5 Å². The summed E-state index contributed by atoms with van der Waals surface area (Å²) >= 11 is 0. The summed E-state index contributed by atoms with van der Waals surface area (Å²) in [5, 5.41) is 0. The third-order valence-corrected chi connectivity index (χ3v) is 6.23. The number of ether oxygens (including phenoxy) is 1. The standard InChI is InChI=1S/C23H27F9O2/c1-2-3-4-15-5-9-17(10-6-15)19(33)34-18-11-7-16(8-12-18)13-14-20(24,25)21(26,27)22(28,29)23(30,31)32/h7-8,11-12,15,17H,2-6,9-10,13-14H2,1H3/t15-,17-. The van der Waals surface area contributed by atoms with Gasteiger partial charge in [0.2, 0.25) is 0 Å². The minimum Gasteiger partial charge on any atom is -0.426 e. The van der Waals surface area contributed by atoms with Crippen LogP contribution in [0, 0.1) is 11.8 Å². The molecule has 2 rings (SSSR count). The van der Waals surface area contributed by atoms with Gasteiger partial charge in [-0.25, -0.2) is 0 Å². The maximum absolute atomic E-state index is 13.7. The molecule has 0 aliphatic heterocycles. The van der Waals surface area contributed by atoms with Crippen LogP contribution in [0.2, 0.25) is 0 Å². The van der Waals surface area contributed by atoms with E-state index in [9.17, 15) is 44.3 Å². The molecular formula is C23H27F9O2. The van der Waals surface area contributed by atoms with Crippen molar-refractivity contribution in [1.82, 2.24) is 0 Å². The predicted octanol–water partition coefficient (Wildman–Crippen LogP) is 7.99. The van der Waals surface area contributed by atoms with Gasteiger partial charge in [-0.05, 0) is 55.7 Å². The van der Waals surface area contributed by atoms with E-state index in [0.717, 1.165) is 44.2 Å². The van der Waals surface area contributed by atoms with E-state index in [4.69, 9.17) is 4.74 Å². The summed E-state index contributed by atoms with van der Waals surface area (Å²) in [5.41, 5.74) is -0.0259. The number of carbonyl (C=O) groups is 1. The van der Waals surface area contributed by atoms with Crippen LogP contribution < -0.4 is 4.74 Å². The first-order chi connectivity index (χ1) is 15.6. The molecule has 0 saturated heterocycles. The van der Waals surface area contributed by atoms with Crippen molar-refractivity contribution in [2.24, 2.45) is 11.8 Å². The molecular weight excluding hydrogens is 479 g/mol. The van der Waals surface area contributed by atoms with Gasteiger partial charge in [0.05, 0.1) is 5.92 Å². The van der Waals surface area contributed by atoms with Gasteiger partial charge >= 0.3 is 29.9 Å². The summed E-state index contributed by atoms with van der Waals surface area (Å²) in [5.74, 6) is -19.2. The number of alkyl halides is 9. The van der Waals surface area contributed by atoms with E-state index in [1.54, 1.807) is 0 Å². The molecule has 1 aromatic rings. The summed E-state index contributed by atoms with van der Waals surface area (Å²) < 4.78 is 122. The number of rotatable bonds is 10. The lowest BCUT2D eigenvalue weighted by Crippen LogP contribution is -2.60.